The van der Waals surface area contributed by atoms with E-state index < -0.39 is 0 Å². The van der Waals surface area contributed by atoms with Crippen molar-refractivity contribution in [2.45, 2.75) is 6.61 Å². The third-order valence-corrected chi connectivity index (χ3v) is 2.90. The molecule has 100 valence electrons. The van der Waals surface area contributed by atoms with Gasteiger partial charge in [-0.05, 0) is 6.07 Å². The Morgan fingerprint density at radius 2 is 2.05 bits per heavy atom. The van der Waals surface area contributed by atoms with Gasteiger partial charge in [-0.2, -0.15) is 4.98 Å². The van der Waals surface area contributed by atoms with Gasteiger partial charge in [0, 0.05) is 17.6 Å². The average molecular weight is 280 g/mol. The minimum Gasteiger partial charge on any atom is -0.489 e. The standard InChI is InChI=1S/C13H14ClN3O2/c1-15-12-11(18-2)13(17-8-16-12)19-7-9-5-3-4-6-10(9)14/h3-6,8H,7H2,1-2H3,(H,15,16,17). The van der Waals surface area contributed by atoms with Crippen LogP contribution in [0, 0.1) is 0 Å². The number of rotatable bonds is 5. The van der Waals surface area contributed by atoms with Gasteiger partial charge in [0.2, 0.25) is 5.75 Å². The molecule has 0 unspecified atom stereocenters. The summed E-state index contributed by atoms with van der Waals surface area (Å²) in [6.07, 6.45) is 1.41. The quantitative estimate of drug-likeness (QED) is 0.912. The van der Waals surface area contributed by atoms with Crippen molar-refractivity contribution >= 4 is 17.4 Å². The van der Waals surface area contributed by atoms with Gasteiger partial charge in [0.25, 0.3) is 5.88 Å². The monoisotopic (exact) mass is 279 g/mol. The Morgan fingerprint density at radius 1 is 1.26 bits per heavy atom. The molecule has 19 heavy (non-hydrogen) atoms. The van der Waals surface area contributed by atoms with Gasteiger partial charge in [0.05, 0.1) is 7.11 Å². The van der Waals surface area contributed by atoms with Crippen LogP contribution in [-0.2, 0) is 6.61 Å². The molecule has 0 saturated heterocycles. The van der Waals surface area contributed by atoms with Gasteiger partial charge in [0.1, 0.15) is 12.9 Å². The molecular weight excluding hydrogens is 266 g/mol. The Morgan fingerprint density at radius 3 is 2.74 bits per heavy atom. The van der Waals surface area contributed by atoms with Crippen molar-refractivity contribution in [1.82, 2.24) is 9.97 Å². The van der Waals surface area contributed by atoms with Gasteiger partial charge < -0.3 is 14.8 Å². The number of nitrogens with zero attached hydrogens (tertiary/aromatic N) is 2. The molecule has 1 heterocycles. The lowest BCUT2D eigenvalue weighted by Gasteiger charge is -2.12. The fraction of sp³-hybridized carbons (Fsp3) is 0.231. The van der Waals surface area contributed by atoms with E-state index in [1.165, 1.54) is 6.33 Å². The summed E-state index contributed by atoms with van der Waals surface area (Å²) in [6, 6.07) is 7.49. The molecule has 0 aliphatic heterocycles. The third kappa shape index (κ3) is 3.06. The first-order valence-corrected chi connectivity index (χ1v) is 6.07. The zero-order chi connectivity index (χ0) is 13.7. The van der Waals surface area contributed by atoms with Crippen molar-refractivity contribution in [3.8, 4) is 11.6 Å². The maximum Gasteiger partial charge on any atom is 0.262 e. The normalized spacial score (nSPS) is 10.1. The van der Waals surface area contributed by atoms with Crippen molar-refractivity contribution in [2.75, 3.05) is 19.5 Å². The van der Waals surface area contributed by atoms with Crippen LogP contribution in [0.15, 0.2) is 30.6 Å². The number of hydrogen-bond donors (Lipinski definition) is 1. The van der Waals surface area contributed by atoms with Crippen molar-refractivity contribution in [2.24, 2.45) is 0 Å². The lowest BCUT2D eigenvalue weighted by molar-refractivity contribution is 0.272. The molecule has 0 saturated carbocycles. The lowest BCUT2D eigenvalue weighted by Crippen LogP contribution is -2.04. The molecule has 1 aromatic carbocycles. The number of halogens is 1. The van der Waals surface area contributed by atoms with Crippen LogP contribution in [0.1, 0.15) is 5.56 Å². The third-order valence-electron chi connectivity index (χ3n) is 2.53. The second kappa shape index (κ2) is 6.24. The van der Waals surface area contributed by atoms with Crippen LogP contribution in [0.3, 0.4) is 0 Å². The number of hydrogen-bond acceptors (Lipinski definition) is 5. The molecule has 6 heteroatoms. The topological polar surface area (TPSA) is 56.3 Å². The average Bonchev–Trinajstić information content (AvgIpc) is 2.45. The molecule has 2 rings (SSSR count). The van der Waals surface area contributed by atoms with Crippen LogP contribution in [0.4, 0.5) is 5.82 Å². The fourth-order valence-corrected chi connectivity index (χ4v) is 1.77. The predicted molar refractivity (Wildman–Crippen MR) is 73.9 cm³/mol. The molecule has 0 fully saturated rings. The summed E-state index contributed by atoms with van der Waals surface area (Å²) in [5, 5.41) is 3.57. The van der Waals surface area contributed by atoms with Gasteiger partial charge in [-0.25, -0.2) is 4.98 Å². The minimum atomic E-state index is 0.316. The molecular formula is C13H14ClN3O2. The highest BCUT2D eigenvalue weighted by atomic mass is 35.5. The zero-order valence-corrected chi connectivity index (χ0v) is 11.4. The molecule has 0 radical (unpaired) electrons. The first kappa shape index (κ1) is 13.4. The van der Waals surface area contributed by atoms with Crippen LogP contribution >= 0.6 is 11.6 Å². The first-order valence-electron chi connectivity index (χ1n) is 5.69. The van der Waals surface area contributed by atoms with Crippen molar-refractivity contribution in [1.29, 1.82) is 0 Å². The second-order valence-corrected chi connectivity index (χ2v) is 4.10. The smallest absolute Gasteiger partial charge is 0.262 e. The summed E-state index contributed by atoms with van der Waals surface area (Å²) >= 11 is 6.07. The van der Waals surface area contributed by atoms with Crippen LogP contribution < -0.4 is 14.8 Å². The highest BCUT2D eigenvalue weighted by Gasteiger charge is 2.12. The molecule has 0 aliphatic rings. The van der Waals surface area contributed by atoms with E-state index in [0.29, 0.717) is 29.1 Å². The summed E-state index contributed by atoms with van der Waals surface area (Å²) in [4.78, 5) is 8.11. The number of ether oxygens (including phenoxy) is 2. The largest absolute Gasteiger partial charge is 0.489 e. The summed E-state index contributed by atoms with van der Waals surface area (Å²) in [6.45, 7) is 0.316. The number of aromatic nitrogens is 2. The van der Waals surface area contributed by atoms with E-state index in [-0.39, 0.29) is 0 Å². The van der Waals surface area contributed by atoms with E-state index in [4.69, 9.17) is 21.1 Å². The van der Waals surface area contributed by atoms with E-state index in [2.05, 4.69) is 15.3 Å². The highest BCUT2D eigenvalue weighted by molar-refractivity contribution is 6.31. The Balaban J connectivity index is 2.18. The molecule has 1 aromatic heterocycles. The molecule has 0 aliphatic carbocycles. The number of anilines is 1. The molecule has 0 spiro atoms. The maximum absolute atomic E-state index is 6.07. The van der Waals surface area contributed by atoms with E-state index in [9.17, 15) is 0 Å². The predicted octanol–water partition coefficient (Wildman–Crippen LogP) is 2.76. The minimum absolute atomic E-state index is 0.316. The van der Waals surface area contributed by atoms with Gasteiger partial charge in [-0.1, -0.05) is 29.8 Å². The van der Waals surface area contributed by atoms with Gasteiger partial charge in [-0.15, -0.1) is 0 Å². The van der Waals surface area contributed by atoms with Crippen LogP contribution in [0.5, 0.6) is 11.6 Å². The van der Waals surface area contributed by atoms with E-state index in [0.717, 1.165) is 5.56 Å². The summed E-state index contributed by atoms with van der Waals surface area (Å²) < 4.78 is 10.9. The first-order chi connectivity index (χ1) is 9.26. The highest BCUT2D eigenvalue weighted by Crippen LogP contribution is 2.31. The Hall–Kier alpha value is -2.01. The molecule has 0 bridgehead atoms. The van der Waals surface area contributed by atoms with Crippen molar-refractivity contribution < 1.29 is 9.47 Å². The summed E-state index contributed by atoms with van der Waals surface area (Å²) in [5.41, 5.74) is 0.885. The SMILES string of the molecule is CNc1ncnc(OCc2ccccc2Cl)c1OC. The Kier molecular flexibility index (Phi) is 4.41. The van der Waals surface area contributed by atoms with Gasteiger partial charge in [-0.3, -0.25) is 0 Å². The fourth-order valence-electron chi connectivity index (χ4n) is 1.58. The van der Waals surface area contributed by atoms with E-state index in [1.807, 2.05) is 24.3 Å². The number of methoxy groups -OCH3 is 1. The van der Waals surface area contributed by atoms with E-state index in [1.54, 1.807) is 14.2 Å². The molecule has 0 amide bonds. The zero-order valence-electron chi connectivity index (χ0n) is 10.7. The maximum atomic E-state index is 6.07. The van der Waals surface area contributed by atoms with E-state index >= 15 is 0 Å². The Labute approximate surface area is 116 Å². The number of nitrogens with one attached hydrogen (secondary N) is 1. The molecule has 0 atom stereocenters. The molecule has 1 N–H and O–H groups in total. The number of benzene rings is 1. The van der Waals surface area contributed by atoms with Crippen LogP contribution in [0.25, 0.3) is 0 Å². The summed E-state index contributed by atoms with van der Waals surface area (Å²) in [5.74, 6) is 1.42. The van der Waals surface area contributed by atoms with Gasteiger partial charge in [0.15, 0.2) is 5.82 Å². The van der Waals surface area contributed by atoms with Gasteiger partial charge >= 0.3 is 0 Å². The van der Waals surface area contributed by atoms with Crippen molar-refractivity contribution in [3.05, 3.63) is 41.2 Å². The second-order valence-electron chi connectivity index (χ2n) is 3.69. The van der Waals surface area contributed by atoms with Crippen molar-refractivity contribution in [3.63, 3.8) is 0 Å². The lowest BCUT2D eigenvalue weighted by atomic mass is 10.2. The Bertz CT molecular complexity index is 563. The van der Waals surface area contributed by atoms with Crippen LogP contribution in [-0.4, -0.2) is 24.1 Å². The summed E-state index contributed by atoms with van der Waals surface area (Å²) in [7, 11) is 3.30. The molecule has 5 nitrogen and oxygen atoms in total. The van der Waals surface area contributed by atoms with Crippen LogP contribution in [0.2, 0.25) is 5.02 Å². The molecule has 2 aromatic rings.